The Bertz CT molecular complexity index is 872. The molecule has 0 atom stereocenters. The third kappa shape index (κ3) is 5.42. The summed E-state index contributed by atoms with van der Waals surface area (Å²) < 4.78 is 10.2. The summed E-state index contributed by atoms with van der Waals surface area (Å²) in [6.45, 7) is 7.29. The van der Waals surface area contributed by atoms with Crippen molar-refractivity contribution in [1.29, 1.82) is 0 Å². The number of anilines is 1. The van der Waals surface area contributed by atoms with Gasteiger partial charge in [-0.3, -0.25) is 9.59 Å². The number of thiophene rings is 1. The van der Waals surface area contributed by atoms with Crippen molar-refractivity contribution < 1.29 is 23.9 Å². The van der Waals surface area contributed by atoms with Crippen LogP contribution in [0.15, 0.2) is 24.3 Å². The Kier molecular flexibility index (Phi) is 7.75. The number of hydrogen-bond donors (Lipinski definition) is 1. The van der Waals surface area contributed by atoms with Gasteiger partial charge in [0.25, 0.3) is 5.91 Å². The maximum Gasteiger partial charge on any atom is 0.341 e. The first-order valence-electron chi connectivity index (χ1n) is 9.16. The van der Waals surface area contributed by atoms with Crippen molar-refractivity contribution in [1.82, 2.24) is 0 Å². The van der Waals surface area contributed by atoms with Crippen LogP contribution in [0.5, 0.6) is 0 Å². The molecule has 0 aliphatic carbocycles. The minimum Gasteiger partial charge on any atom is -0.462 e. The van der Waals surface area contributed by atoms with E-state index in [2.05, 4.69) is 5.32 Å². The third-order valence-corrected chi connectivity index (χ3v) is 5.61. The van der Waals surface area contributed by atoms with Gasteiger partial charge in [-0.25, -0.2) is 4.79 Å². The van der Waals surface area contributed by atoms with E-state index >= 15 is 0 Å². The average molecular weight is 404 g/mol. The molecule has 150 valence electrons. The van der Waals surface area contributed by atoms with E-state index in [1.165, 1.54) is 11.3 Å². The quantitative estimate of drug-likeness (QED) is 0.678. The van der Waals surface area contributed by atoms with E-state index in [0.29, 0.717) is 10.6 Å². The van der Waals surface area contributed by atoms with Crippen molar-refractivity contribution in [2.45, 2.75) is 40.5 Å². The van der Waals surface area contributed by atoms with Gasteiger partial charge >= 0.3 is 11.9 Å². The fourth-order valence-electron chi connectivity index (χ4n) is 2.76. The molecule has 0 fully saturated rings. The van der Waals surface area contributed by atoms with Gasteiger partial charge in [0.05, 0.1) is 18.6 Å². The highest BCUT2D eigenvalue weighted by atomic mass is 32.1. The minimum absolute atomic E-state index is 0.103. The Morgan fingerprint density at radius 3 is 2.43 bits per heavy atom. The van der Waals surface area contributed by atoms with E-state index in [-0.39, 0.29) is 13.0 Å². The number of esters is 2. The molecule has 1 N–H and O–H groups in total. The number of amides is 1. The standard InChI is InChI=1S/C21H25NO5S/c1-5-16-14(4)19(21(25)26-6-2)20(28-16)22-17(23)12-27-18(24)11-15-10-8-7-9-13(15)3/h7-10H,5-6,11-12H2,1-4H3,(H,22,23). The van der Waals surface area contributed by atoms with E-state index in [0.717, 1.165) is 28.0 Å². The maximum atomic E-state index is 12.2. The number of rotatable bonds is 8. The zero-order valence-corrected chi connectivity index (χ0v) is 17.4. The highest BCUT2D eigenvalue weighted by Crippen LogP contribution is 2.34. The van der Waals surface area contributed by atoms with E-state index in [9.17, 15) is 14.4 Å². The first-order valence-corrected chi connectivity index (χ1v) is 9.98. The largest absolute Gasteiger partial charge is 0.462 e. The lowest BCUT2D eigenvalue weighted by atomic mass is 10.1. The predicted octanol–water partition coefficient (Wildman–Crippen LogP) is 3.83. The minimum atomic E-state index is -0.493. The van der Waals surface area contributed by atoms with Gasteiger partial charge in [0.2, 0.25) is 0 Å². The molecule has 0 spiro atoms. The first-order chi connectivity index (χ1) is 13.4. The number of nitrogens with one attached hydrogen (secondary N) is 1. The van der Waals surface area contributed by atoms with Crippen LogP contribution in [-0.4, -0.2) is 31.1 Å². The molecule has 6 nitrogen and oxygen atoms in total. The van der Waals surface area contributed by atoms with Gasteiger partial charge in [0.15, 0.2) is 6.61 Å². The van der Waals surface area contributed by atoms with Gasteiger partial charge in [0, 0.05) is 4.88 Å². The number of hydrogen-bond acceptors (Lipinski definition) is 6. The molecule has 1 aromatic heterocycles. The highest BCUT2D eigenvalue weighted by Gasteiger charge is 2.23. The lowest BCUT2D eigenvalue weighted by Crippen LogP contribution is -2.22. The number of ether oxygens (including phenoxy) is 2. The molecule has 0 aliphatic heterocycles. The van der Waals surface area contributed by atoms with Gasteiger partial charge in [0.1, 0.15) is 5.00 Å². The smallest absolute Gasteiger partial charge is 0.341 e. The lowest BCUT2D eigenvalue weighted by molar-refractivity contribution is -0.146. The molecule has 28 heavy (non-hydrogen) atoms. The van der Waals surface area contributed by atoms with Crippen LogP contribution in [0.1, 0.15) is 45.8 Å². The maximum absolute atomic E-state index is 12.2. The SMILES string of the molecule is CCOC(=O)c1c(NC(=O)COC(=O)Cc2ccccc2C)sc(CC)c1C. The topological polar surface area (TPSA) is 81.7 Å². The van der Waals surface area contributed by atoms with Gasteiger partial charge in [-0.05, 0) is 43.9 Å². The normalized spacial score (nSPS) is 10.4. The van der Waals surface area contributed by atoms with Crippen LogP contribution in [0.4, 0.5) is 5.00 Å². The molecular weight excluding hydrogens is 378 g/mol. The van der Waals surface area contributed by atoms with E-state index in [4.69, 9.17) is 9.47 Å². The summed E-state index contributed by atoms with van der Waals surface area (Å²) in [7, 11) is 0. The van der Waals surface area contributed by atoms with Crippen LogP contribution in [0.25, 0.3) is 0 Å². The second-order valence-corrected chi connectivity index (χ2v) is 7.35. The fraction of sp³-hybridized carbons (Fsp3) is 0.381. The molecule has 0 unspecified atom stereocenters. The second-order valence-electron chi connectivity index (χ2n) is 6.24. The van der Waals surface area contributed by atoms with Crippen molar-refractivity contribution in [3.05, 3.63) is 51.4 Å². The van der Waals surface area contributed by atoms with E-state index < -0.39 is 24.5 Å². The Balaban J connectivity index is 2.00. The molecule has 1 amide bonds. The first kappa shape index (κ1) is 21.6. The summed E-state index contributed by atoms with van der Waals surface area (Å²) >= 11 is 1.33. The summed E-state index contributed by atoms with van der Waals surface area (Å²) in [5.41, 5.74) is 3.02. The molecular formula is C21H25NO5S. The number of aryl methyl sites for hydroxylation is 2. The van der Waals surface area contributed by atoms with Gasteiger partial charge in [-0.1, -0.05) is 31.2 Å². The van der Waals surface area contributed by atoms with Gasteiger partial charge in [-0.2, -0.15) is 0 Å². The number of benzene rings is 1. The monoisotopic (exact) mass is 403 g/mol. The fourth-order valence-corrected chi connectivity index (χ4v) is 3.91. The summed E-state index contributed by atoms with van der Waals surface area (Å²) in [6.07, 6.45) is 0.844. The summed E-state index contributed by atoms with van der Waals surface area (Å²) in [5.74, 6) is -1.44. The Labute approximate surface area is 168 Å². The zero-order valence-electron chi connectivity index (χ0n) is 16.6. The predicted molar refractivity (Wildman–Crippen MR) is 109 cm³/mol. The zero-order chi connectivity index (χ0) is 20.7. The van der Waals surface area contributed by atoms with Crippen molar-refractivity contribution in [2.75, 3.05) is 18.5 Å². The molecule has 1 aromatic carbocycles. The van der Waals surface area contributed by atoms with E-state index in [1.807, 2.05) is 45.0 Å². The van der Waals surface area contributed by atoms with Crippen LogP contribution >= 0.6 is 11.3 Å². The second kappa shape index (κ2) is 10.0. The van der Waals surface area contributed by atoms with Crippen molar-refractivity contribution in [2.24, 2.45) is 0 Å². The van der Waals surface area contributed by atoms with Crippen molar-refractivity contribution in [3.63, 3.8) is 0 Å². The summed E-state index contributed by atoms with van der Waals surface area (Å²) in [5, 5.41) is 3.10. The molecule has 1 heterocycles. The molecule has 0 bridgehead atoms. The lowest BCUT2D eigenvalue weighted by Gasteiger charge is -2.08. The van der Waals surface area contributed by atoms with Gasteiger partial charge < -0.3 is 14.8 Å². The molecule has 2 aromatic rings. The van der Waals surface area contributed by atoms with Crippen LogP contribution < -0.4 is 5.32 Å². The molecule has 2 rings (SSSR count). The van der Waals surface area contributed by atoms with Crippen LogP contribution in [0.3, 0.4) is 0 Å². The third-order valence-electron chi connectivity index (χ3n) is 4.26. The van der Waals surface area contributed by atoms with Crippen LogP contribution in [-0.2, 0) is 31.9 Å². The molecule has 7 heteroatoms. The van der Waals surface area contributed by atoms with Gasteiger partial charge in [-0.15, -0.1) is 11.3 Å². The summed E-state index contributed by atoms with van der Waals surface area (Å²) in [6, 6.07) is 7.51. The summed E-state index contributed by atoms with van der Waals surface area (Å²) in [4.78, 5) is 37.5. The Morgan fingerprint density at radius 1 is 1.07 bits per heavy atom. The van der Waals surface area contributed by atoms with Crippen LogP contribution in [0, 0.1) is 13.8 Å². The molecule has 0 saturated heterocycles. The van der Waals surface area contributed by atoms with E-state index in [1.54, 1.807) is 6.92 Å². The Morgan fingerprint density at radius 2 is 1.79 bits per heavy atom. The Hall–Kier alpha value is -2.67. The molecule has 0 aliphatic rings. The van der Waals surface area contributed by atoms with Crippen molar-refractivity contribution >= 4 is 34.2 Å². The number of carbonyl (C=O) groups excluding carboxylic acids is 3. The van der Waals surface area contributed by atoms with Crippen LogP contribution in [0.2, 0.25) is 0 Å². The highest BCUT2D eigenvalue weighted by molar-refractivity contribution is 7.17. The molecule has 0 saturated carbocycles. The number of carbonyl (C=O) groups is 3. The van der Waals surface area contributed by atoms with Crippen molar-refractivity contribution in [3.8, 4) is 0 Å². The average Bonchev–Trinajstić information content (AvgIpc) is 2.97. The molecule has 0 radical (unpaired) electrons.